The minimum absolute atomic E-state index is 0.0558. The predicted octanol–water partition coefficient (Wildman–Crippen LogP) is 2.32. The number of pyridine rings is 1. The number of imidazole rings is 1. The fourth-order valence-corrected chi connectivity index (χ4v) is 4.18. The smallest absolute Gasteiger partial charge is 0.407 e. The fourth-order valence-electron chi connectivity index (χ4n) is 4.18. The summed E-state index contributed by atoms with van der Waals surface area (Å²) in [4.78, 5) is 28.7. The van der Waals surface area contributed by atoms with Crippen molar-refractivity contribution in [2.24, 2.45) is 0 Å². The van der Waals surface area contributed by atoms with Crippen LogP contribution in [-0.4, -0.2) is 80.9 Å². The number of carboxylic acid groups (broad SMARTS) is 1. The number of aromatic nitrogens is 4. The van der Waals surface area contributed by atoms with Crippen molar-refractivity contribution < 1.29 is 19.0 Å². The van der Waals surface area contributed by atoms with Gasteiger partial charge in [-0.3, -0.25) is 4.40 Å². The highest BCUT2D eigenvalue weighted by Gasteiger charge is 2.24. The summed E-state index contributed by atoms with van der Waals surface area (Å²) in [7, 11) is 0. The first kappa shape index (κ1) is 20.4. The zero-order chi connectivity index (χ0) is 22.1. The van der Waals surface area contributed by atoms with E-state index in [2.05, 4.69) is 20.2 Å². The number of halogens is 1. The van der Waals surface area contributed by atoms with Gasteiger partial charge in [-0.2, -0.15) is 0 Å². The third kappa shape index (κ3) is 4.15. The second-order valence-electron chi connectivity index (χ2n) is 7.97. The van der Waals surface area contributed by atoms with Crippen molar-refractivity contribution in [3.63, 3.8) is 0 Å². The number of hydrogen-bond donors (Lipinski definition) is 2. The SMILES string of the molecule is O=C(O)N1CCCC(Nc2cc(N3CCOCC3)nc(-c3cnc4ccc(F)cn34)n2)C1. The summed E-state index contributed by atoms with van der Waals surface area (Å²) >= 11 is 0. The van der Waals surface area contributed by atoms with E-state index in [4.69, 9.17) is 9.72 Å². The first-order valence-corrected chi connectivity index (χ1v) is 10.7. The summed E-state index contributed by atoms with van der Waals surface area (Å²) < 4.78 is 21.0. The molecule has 168 valence electrons. The first-order chi connectivity index (χ1) is 15.6. The Morgan fingerprint density at radius 1 is 1.22 bits per heavy atom. The second kappa shape index (κ2) is 8.58. The molecule has 2 saturated heterocycles. The van der Waals surface area contributed by atoms with Gasteiger partial charge in [-0.05, 0) is 25.0 Å². The van der Waals surface area contributed by atoms with Crippen molar-refractivity contribution in [1.82, 2.24) is 24.3 Å². The topological polar surface area (TPSA) is 108 Å². The van der Waals surface area contributed by atoms with Crippen LogP contribution >= 0.6 is 0 Å². The van der Waals surface area contributed by atoms with E-state index in [0.29, 0.717) is 62.4 Å². The average Bonchev–Trinajstić information content (AvgIpc) is 3.23. The Labute approximate surface area is 183 Å². The number of anilines is 2. The molecule has 1 atom stereocenters. The monoisotopic (exact) mass is 441 g/mol. The average molecular weight is 441 g/mol. The van der Waals surface area contributed by atoms with Crippen LogP contribution in [0.2, 0.25) is 0 Å². The number of piperidine rings is 1. The lowest BCUT2D eigenvalue weighted by molar-refractivity contribution is 0.122. The van der Waals surface area contributed by atoms with Crippen LogP contribution in [0, 0.1) is 5.82 Å². The van der Waals surface area contributed by atoms with E-state index in [0.717, 1.165) is 18.7 Å². The van der Waals surface area contributed by atoms with Gasteiger partial charge < -0.3 is 25.0 Å². The molecule has 11 heteroatoms. The van der Waals surface area contributed by atoms with Gasteiger partial charge in [0.05, 0.1) is 19.4 Å². The molecular weight excluding hydrogens is 417 g/mol. The van der Waals surface area contributed by atoms with Crippen LogP contribution < -0.4 is 10.2 Å². The summed E-state index contributed by atoms with van der Waals surface area (Å²) in [5.74, 6) is 1.37. The van der Waals surface area contributed by atoms with Crippen molar-refractivity contribution >= 4 is 23.4 Å². The van der Waals surface area contributed by atoms with E-state index < -0.39 is 6.09 Å². The van der Waals surface area contributed by atoms with Gasteiger partial charge >= 0.3 is 6.09 Å². The Balaban J connectivity index is 1.51. The Kier molecular flexibility index (Phi) is 5.48. The number of nitrogens with zero attached hydrogens (tertiary/aromatic N) is 6. The number of likely N-dealkylation sites (tertiary alicyclic amines) is 1. The quantitative estimate of drug-likeness (QED) is 0.635. The maximum absolute atomic E-state index is 13.9. The molecule has 0 spiro atoms. The summed E-state index contributed by atoms with van der Waals surface area (Å²) in [5, 5.41) is 12.7. The Bertz CT molecular complexity index is 1130. The molecule has 0 saturated carbocycles. The summed E-state index contributed by atoms with van der Waals surface area (Å²) in [6.07, 6.45) is 3.70. The van der Waals surface area contributed by atoms with Gasteiger partial charge in [-0.15, -0.1) is 0 Å². The number of fused-ring (bicyclic) bond motifs is 1. The van der Waals surface area contributed by atoms with Crippen LogP contribution in [-0.2, 0) is 4.74 Å². The van der Waals surface area contributed by atoms with Crippen LogP contribution in [0.25, 0.3) is 17.2 Å². The molecule has 5 heterocycles. The van der Waals surface area contributed by atoms with Crippen LogP contribution in [0.15, 0.2) is 30.6 Å². The van der Waals surface area contributed by atoms with Gasteiger partial charge in [-0.1, -0.05) is 0 Å². The molecule has 3 aromatic rings. The summed E-state index contributed by atoms with van der Waals surface area (Å²) in [6, 6.07) is 4.78. The molecule has 2 aliphatic rings. The van der Waals surface area contributed by atoms with Crippen molar-refractivity contribution in [3.05, 3.63) is 36.4 Å². The van der Waals surface area contributed by atoms with Crippen LogP contribution in [0.5, 0.6) is 0 Å². The number of ether oxygens (including phenoxy) is 1. The standard InChI is InChI=1S/C21H24FN7O3/c22-14-3-4-18-23-11-16(29(18)12-14)20-25-17(10-19(26-20)27-6-8-32-9-7-27)24-15-2-1-5-28(13-15)21(30)31/h3-4,10-12,15H,1-2,5-9,13H2,(H,30,31)(H,24,25,26). The van der Waals surface area contributed by atoms with E-state index in [1.54, 1.807) is 16.7 Å². The molecular formula is C21H24FN7O3. The second-order valence-corrected chi connectivity index (χ2v) is 7.97. The van der Waals surface area contributed by atoms with E-state index in [1.165, 1.54) is 17.2 Å². The fraction of sp³-hybridized carbons (Fsp3) is 0.429. The number of nitrogens with one attached hydrogen (secondary N) is 1. The number of rotatable bonds is 4. The molecule has 2 aliphatic heterocycles. The van der Waals surface area contributed by atoms with Crippen molar-refractivity contribution in [1.29, 1.82) is 0 Å². The molecule has 0 aromatic carbocycles. The van der Waals surface area contributed by atoms with Gasteiger partial charge in [0.15, 0.2) is 5.82 Å². The molecule has 0 bridgehead atoms. The maximum Gasteiger partial charge on any atom is 0.407 e. The molecule has 32 heavy (non-hydrogen) atoms. The summed E-state index contributed by atoms with van der Waals surface area (Å²) in [6.45, 7) is 3.55. The van der Waals surface area contributed by atoms with Crippen molar-refractivity contribution in [2.45, 2.75) is 18.9 Å². The lowest BCUT2D eigenvalue weighted by Crippen LogP contribution is -2.44. The highest BCUT2D eigenvalue weighted by molar-refractivity contribution is 5.65. The molecule has 2 N–H and O–H groups in total. The highest BCUT2D eigenvalue weighted by Crippen LogP contribution is 2.26. The number of carbonyl (C=O) groups is 1. The summed E-state index contributed by atoms with van der Waals surface area (Å²) in [5.41, 5.74) is 1.18. The van der Waals surface area contributed by atoms with Crippen molar-refractivity contribution in [2.75, 3.05) is 49.6 Å². The van der Waals surface area contributed by atoms with Crippen LogP contribution in [0.1, 0.15) is 12.8 Å². The molecule has 2 fully saturated rings. The van der Waals surface area contributed by atoms with E-state index in [-0.39, 0.29) is 11.9 Å². The molecule has 3 aromatic heterocycles. The lowest BCUT2D eigenvalue weighted by atomic mass is 10.1. The van der Waals surface area contributed by atoms with Gasteiger partial charge in [0.2, 0.25) is 0 Å². The van der Waals surface area contributed by atoms with Gasteiger partial charge in [-0.25, -0.2) is 24.1 Å². The first-order valence-electron chi connectivity index (χ1n) is 10.7. The van der Waals surface area contributed by atoms with E-state index in [1.807, 2.05) is 6.07 Å². The minimum Gasteiger partial charge on any atom is -0.465 e. The molecule has 1 amide bonds. The van der Waals surface area contributed by atoms with Gasteiger partial charge in [0.1, 0.15) is 28.8 Å². The zero-order valence-electron chi connectivity index (χ0n) is 17.4. The van der Waals surface area contributed by atoms with Gasteiger partial charge in [0, 0.05) is 44.5 Å². The molecule has 5 rings (SSSR count). The number of amides is 1. The van der Waals surface area contributed by atoms with Crippen LogP contribution in [0.4, 0.5) is 20.8 Å². The third-order valence-electron chi connectivity index (χ3n) is 5.79. The van der Waals surface area contributed by atoms with Crippen LogP contribution in [0.3, 0.4) is 0 Å². The third-order valence-corrected chi connectivity index (χ3v) is 5.79. The molecule has 10 nitrogen and oxygen atoms in total. The molecule has 1 unspecified atom stereocenters. The van der Waals surface area contributed by atoms with E-state index in [9.17, 15) is 14.3 Å². The Morgan fingerprint density at radius 3 is 2.88 bits per heavy atom. The zero-order valence-corrected chi connectivity index (χ0v) is 17.4. The van der Waals surface area contributed by atoms with Gasteiger partial charge in [0.25, 0.3) is 0 Å². The maximum atomic E-state index is 13.9. The Morgan fingerprint density at radius 2 is 2.06 bits per heavy atom. The van der Waals surface area contributed by atoms with Crippen molar-refractivity contribution in [3.8, 4) is 11.5 Å². The number of morpholine rings is 1. The molecule has 0 radical (unpaired) electrons. The normalized spacial score (nSPS) is 19.3. The largest absolute Gasteiger partial charge is 0.465 e. The molecule has 0 aliphatic carbocycles. The highest BCUT2D eigenvalue weighted by atomic mass is 19.1. The number of hydrogen-bond acceptors (Lipinski definition) is 7. The predicted molar refractivity (Wildman–Crippen MR) is 115 cm³/mol. The minimum atomic E-state index is -0.915. The lowest BCUT2D eigenvalue weighted by Gasteiger charge is -2.32. The Hall–Kier alpha value is -3.47. The van der Waals surface area contributed by atoms with E-state index >= 15 is 0 Å².